The molecule has 34 heavy (non-hydrogen) atoms. The molecule has 1 heterocycles. The molecule has 0 radical (unpaired) electrons. The molecule has 8 nitrogen and oxygen atoms in total. The molecule has 3 aromatic rings. The number of carbonyl (C=O) groups is 3. The van der Waals surface area contributed by atoms with E-state index in [1.54, 1.807) is 30.3 Å². The smallest absolute Gasteiger partial charge is 0.269 e. The number of primary amides is 1. The van der Waals surface area contributed by atoms with Crippen LogP contribution in [0.4, 0.5) is 4.39 Å². The average Bonchev–Trinajstić information content (AvgIpc) is 3.16. The van der Waals surface area contributed by atoms with Crippen LogP contribution in [0.15, 0.2) is 42.5 Å². The summed E-state index contributed by atoms with van der Waals surface area (Å²) in [5, 5.41) is 7.39. The highest BCUT2D eigenvalue weighted by Gasteiger charge is 2.26. The van der Waals surface area contributed by atoms with Crippen LogP contribution in [0.5, 0.6) is 0 Å². The van der Waals surface area contributed by atoms with Crippen molar-refractivity contribution in [2.45, 2.75) is 39.9 Å². The van der Waals surface area contributed by atoms with Gasteiger partial charge in [-0.05, 0) is 25.0 Å². The van der Waals surface area contributed by atoms with Crippen LogP contribution in [0.2, 0.25) is 5.02 Å². The highest BCUT2D eigenvalue weighted by atomic mass is 35.5. The number of nitrogens with two attached hydrogens (primary N) is 1. The molecule has 10 heteroatoms. The van der Waals surface area contributed by atoms with Gasteiger partial charge in [-0.25, -0.2) is 4.39 Å². The van der Waals surface area contributed by atoms with Gasteiger partial charge in [-0.2, -0.15) is 5.10 Å². The summed E-state index contributed by atoms with van der Waals surface area (Å²) >= 11 is 5.79. The molecule has 0 saturated heterocycles. The van der Waals surface area contributed by atoms with Crippen LogP contribution in [0.1, 0.15) is 36.8 Å². The number of rotatable bonds is 9. The number of nitrogens with zero attached hydrogens (tertiary/aromatic N) is 3. The third kappa shape index (κ3) is 5.53. The van der Waals surface area contributed by atoms with Crippen molar-refractivity contribution in [2.24, 2.45) is 11.7 Å². The third-order valence-electron chi connectivity index (χ3n) is 5.77. The molecule has 0 aliphatic carbocycles. The number of hydrogen-bond acceptors (Lipinski definition) is 4. The topological polar surface area (TPSA) is 110 Å². The first-order valence-electron chi connectivity index (χ1n) is 10.8. The number of amides is 3. The van der Waals surface area contributed by atoms with Gasteiger partial charge in [0.1, 0.15) is 12.4 Å². The summed E-state index contributed by atoms with van der Waals surface area (Å²) in [6.07, 6.45) is 0. The van der Waals surface area contributed by atoms with Gasteiger partial charge in [0.15, 0.2) is 5.69 Å². The molecule has 0 spiro atoms. The number of hydrogen-bond donors (Lipinski definition) is 2. The van der Waals surface area contributed by atoms with Crippen molar-refractivity contribution >= 4 is 40.2 Å². The average molecular weight is 488 g/mol. The Morgan fingerprint density at radius 2 is 1.85 bits per heavy atom. The second kappa shape index (κ2) is 10.6. The quantitative estimate of drug-likeness (QED) is 0.483. The first-order valence-corrected chi connectivity index (χ1v) is 11.2. The molecule has 1 aromatic heterocycles. The number of halogens is 2. The summed E-state index contributed by atoms with van der Waals surface area (Å²) in [7, 11) is 0. The van der Waals surface area contributed by atoms with Crippen LogP contribution in [-0.4, -0.2) is 45.0 Å². The van der Waals surface area contributed by atoms with Crippen molar-refractivity contribution < 1.29 is 18.8 Å². The maximum atomic E-state index is 14.1. The lowest BCUT2D eigenvalue weighted by atomic mass is 10.0. The van der Waals surface area contributed by atoms with E-state index in [4.69, 9.17) is 17.3 Å². The van der Waals surface area contributed by atoms with E-state index in [9.17, 15) is 18.8 Å². The van der Waals surface area contributed by atoms with Crippen LogP contribution in [-0.2, 0) is 22.7 Å². The van der Waals surface area contributed by atoms with E-state index in [0.29, 0.717) is 10.9 Å². The van der Waals surface area contributed by atoms with E-state index >= 15 is 0 Å². The van der Waals surface area contributed by atoms with Crippen LogP contribution >= 0.6 is 11.6 Å². The van der Waals surface area contributed by atoms with Gasteiger partial charge in [-0.1, -0.05) is 55.8 Å². The molecule has 0 saturated carbocycles. The summed E-state index contributed by atoms with van der Waals surface area (Å²) in [4.78, 5) is 39.2. The van der Waals surface area contributed by atoms with E-state index < -0.39 is 17.6 Å². The Balaban J connectivity index is 1.78. The SMILES string of the molecule is CC(C)C(C)N(CC(=O)NCc1cccc(Cl)c1F)C(=O)Cn1nc(C(N)=O)c2ccccc21. The first-order chi connectivity index (χ1) is 16.1. The molecule has 0 aliphatic heterocycles. The van der Waals surface area contributed by atoms with Crippen molar-refractivity contribution in [3.8, 4) is 0 Å². The second-order valence-electron chi connectivity index (χ2n) is 8.38. The Hall–Kier alpha value is -3.46. The standard InChI is InChI=1S/C24H27ClFN5O3/c1-14(2)15(3)30(12-20(32)28-11-16-7-6-9-18(25)22(16)26)21(33)13-31-19-10-5-4-8-17(19)23(29-31)24(27)34/h4-10,14-15H,11-13H2,1-3H3,(H2,27,34)(H,28,32). The zero-order valence-electron chi connectivity index (χ0n) is 19.2. The fraction of sp³-hybridized carbons (Fsp3) is 0.333. The maximum absolute atomic E-state index is 14.1. The Labute approximate surface area is 201 Å². The Bertz CT molecular complexity index is 1230. The van der Waals surface area contributed by atoms with Crippen LogP contribution in [0.3, 0.4) is 0 Å². The predicted octanol–water partition coefficient (Wildman–Crippen LogP) is 3.12. The normalized spacial score (nSPS) is 12.1. The van der Waals surface area contributed by atoms with Crippen LogP contribution in [0, 0.1) is 11.7 Å². The largest absolute Gasteiger partial charge is 0.364 e. The summed E-state index contributed by atoms with van der Waals surface area (Å²) in [6, 6.07) is 11.3. The molecular weight excluding hydrogens is 461 g/mol. The van der Waals surface area contributed by atoms with Gasteiger partial charge in [-0.15, -0.1) is 0 Å². The molecule has 2 aromatic carbocycles. The fourth-order valence-electron chi connectivity index (χ4n) is 3.56. The van der Waals surface area contributed by atoms with Crippen LogP contribution < -0.4 is 11.1 Å². The zero-order valence-corrected chi connectivity index (χ0v) is 20.0. The number of nitrogens with one attached hydrogen (secondary N) is 1. The molecule has 3 amide bonds. The summed E-state index contributed by atoms with van der Waals surface area (Å²) < 4.78 is 15.5. The molecule has 3 N–H and O–H groups in total. The van der Waals surface area contributed by atoms with Gasteiger partial charge in [-0.3, -0.25) is 19.1 Å². The van der Waals surface area contributed by atoms with Crippen molar-refractivity contribution in [3.05, 3.63) is 64.6 Å². The molecule has 0 fully saturated rings. The van der Waals surface area contributed by atoms with E-state index in [-0.39, 0.29) is 53.8 Å². The molecule has 180 valence electrons. The second-order valence-corrected chi connectivity index (χ2v) is 8.79. The zero-order chi connectivity index (χ0) is 25.0. The minimum Gasteiger partial charge on any atom is -0.364 e. The number of fused-ring (bicyclic) bond motifs is 1. The Kier molecular flexibility index (Phi) is 7.88. The minimum atomic E-state index is -0.692. The number of benzene rings is 2. The van der Waals surface area contributed by atoms with Crippen LogP contribution in [0.25, 0.3) is 10.9 Å². The molecule has 0 bridgehead atoms. The monoisotopic (exact) mass is 487 g/mol. The van der Waals surface area contributed by atoms with Gasteiger partial charge in [0.2, 0.25) is 11.8 Å². The predicted molar refractivity (Wildman–Crippen MR) is 128 cm³/mol. The molecule has 1 unspecified atom stereocenters. The lowest BCUT2D eigenvalue weighted by molar-refractivity contribution is -0.139. The summed E-state index contributed by atoms with van der Waals surface area (Å²) in [6.45, 7) is 5.28. The highest BCUT2D eigenvalue weighted by Crippen LogP contribution is 2.20. The van der Waals surface area contributed by atoms with E-state index in [1.165, 1.54) is 21.7 Å². The van der Waals surface area contributed by atoms with Gasteiger partial charge < -0.3 is 16.0 Å². The fourth-order valence-corrected chi connectivity index (χ4v) is 3.75. The van der Waals surface area contributed by atoms with Gasteiger partial charge in [0.25, 0.3) is 5.91 Å². The Morgan fingerprint density at radius 1 is 1.15 bits per heavy atom. The first kappa shape index (κ1) is 25.2. The van der Waals surface area contributed by atoms with Gasteiger partial charge >= 0.3 is 0 Å². The highest BCUT2D eigenvalue weighted by molar-refractivity contribution is 6.30. The number of para-hydroxylation sites is 1. The van der Waals surface area contributed by atoms with Gasteiger partial charge in [0, 0.05) is 23.5 Å². The molecule has 3 rings (SSSR count). The lowest BCUT2D eigenvalue weighted by Gasteiger charge is -2.31. The summed E-state index contributed by atoms with van der Waals surface area (Å²) in [5.74, 6) is -2.01. The number of aromatic nitrogens is 2. The molecule has 1 atom stereocenters. The minimum absolute atomic E-state index is 0.0289. The van der Waals surface area contributed by atoms with Crippen molar-refractivity contribution in [1.82, 2.24) is 20.0 Å². The Morgan fingerprint density at radius 3 is 2.53 bits per heavy atom. The van der Waals surface area contributed by atoms with E-state index in [2.05, 4.69) is 10.4 Å². The van der Waals surface area contributed by atoms with Crippen molar-refractivity contribution in [1.29, 1.82) is 0 Å². The van der Waals surface area contributed by atoms with E-state index in [0.717, 1.165) is 0 Å². The van der Waals surface area contributed by atoms with Crippen molar-refractivity contribution in [2.75, 3.05) is 6.54 Å². The lowest BCUT2D eigenvalue weighted by Crippen LogP contribution is -2.48. The number of carbonyl (C=O) groups excluding carboxylic acids is 3. The van der Waals surface area contributed by atoms with Gasteiger partial charge in [0.05, 0.1) is 17.1 Å². The molecular formula is C24H27ClFN5O3. The molecule has 0 aliphatic rings. The maximum Gasteiger partial charge on any atom is 0.269 e. The summed E-state index contributed by atoms with van der Waals surface area (Å²) in [5.41, 5.74) is 6.35. The van der Waals surface area contributed by atoms with Crippen molar-refractivity contribution in [3.63, 3.8) is 0 Å². The third-order valence-corrected chi connectivity index (χ3v) is 6.07. The van der Waals surface area contributed by atoms with E-state index in [1.807, 2.05) is 20.8 Å².